The van der Waals surface area contributed by atoms with Gasteiger partial charge >= 0.3 is 0 Å². The second-order valence-electron chi connectivity index (χ2n) is 6.18. The molecule has 28 heavy (non-hydrogen) atoms. The zero-order valence-corrected chi connectivity index (χ0v) is 18.1. The van der Waals surface area contributed by atoms with Gasteiger partial charge in [0.05, 0.1) is 17.3 Å². The number of para-hydroxylation sites is 1. The second-order valence-corrected chi connectivity index (χ2v) is 7.19. The summed E-state index contributed by atoms with van der Waals surface area (Å²) in [6.45, 7) is 7.60. The van der Waals surface area contributed by atoms with E-state index in [0.29, 0.717) is 12.1 Å². The Balaban J connectivity index is 0.00000280. The van der Waals surface area contributed by atoms with Crippen molar-refractivity contribution < 1.29 is 9.53 Å². The number of ether oxygens (including phenoxy) is 1. The molecule has 0 aliphatic carbocycles. The summed E-state index contributed by atoms with van der Waals surface area (Å²) in [6, 6.07) is 15.2. The van der Waals surface area contributed by atoms with Gasteiger partial charge in [-0.2, -0.15) is 0 Å². The van der Waals surface area contributed by atoms with E-state index in [2.05, 4.69) is 18.7 Å². The first-order valence-electron chi connectivity index (χ1n) is 9.20. The number of likely N-dealkylation sites (N-methyl/N-ethyl adjacent to an activating group) is 1. The average Bonchev–Trinajstić information content (AvgIpc) is 3.14. The predicted octanol–water partition coefficient (Wildman–Crippen LogP) is 4.72. The molecule has 1 aromatic heterocycles. The van der Waals surface area contributed by atoms with E-state index in [-0.39, 0.29) is 18.3 Å². The normalized spacial score (nSPS) is 10.7. The summed E-state index contributed by atoms with van der Waals surface area (Å²) in [5, 5.41) is 0.740. The van der Waals surface area contributed by atoms with Crippen LogP contribution in [0.4, 0.5) is 5.13 Å². The lowest BCUT2D eigenvalue weighted by Crippen LogP contribution is -2.38. The van der Waals surface area contributed by atoms with E-state index < -0.39 is 0 Å². The fraction of sp³-hybridized carbons (Fsp3) is 0.333. The average molecular weight is 420 g/mol. The first kappa shape index (κ1) is 22.1. The molecule has 0 N–H and O–H groups in total. The Kier molecular flexibility index (Phi) is 8.23. The molecule has 7 heteroatoms. The maximum Gasteiger partial charge on any atom is 0.260 e. The number of benzene rings is 2. The number of thiazole rings is 1. The minimum atomic E-state index is -0.0381. The minimum Gasteiger partial charge on any atom is -0.497 e. The van der Waals surface area contributed by atoms with Crippen molar-refractivity contribution in [1.29, 1.82) is 0 Å². The van der Waals surface area contributed by atoms with Crippen LogP contribution in [0.25, 0.3) is 10.2 Å². The van der Waals surface area contributed by atoms with E-state index in [1.165, 1.54) is 0 Å². The molecule has 0 aliphatic heterocycles. The molecular weight excluding hydrogens is 394 g/mol. The number of amides is 1. The van der Waals surface area contributed by atoms with E-state index in [0.717, 1.165) is 40.7 Å². The topological polar surface area (TPSA) is 45.7 Å². The summed E-state index contributed by atoms with van der Waals surface area (Å²) in [4.78, 5) is 22.1. The van der Waals surface area contributed by atoms with E-state index in [1.807, 2.05) is 36.4 Å². The number of hydrogen-bond acceptors (Lipinski definition) is 5. The van der Waals surface area contributed by atoms with Crippen LogP contribution < -0.4 is 9.64 Å². The van der Waals surface area contributed by atoms with Gasteiger partial charge in [0.25, 0.3) is 5.91 Å². The molecule has 0 bridgehead atoms. The smallest absolute Gasteiger partial charge is 0.260 e. The third-order valence-corrected chi connectivity index (χ3v) is 5.69. The standard InChI is InChI=1S/C21H25N3O2S.ClH/c1-4-23(5-2)14-15-24(20(25)16-10-12-17(26-3)13-11-16)21-22-18-8-6-7-9-19(18)27-21;/h6-13H,4-5,14-15H2,1-3H3;1H. The highest BCUT2D eigenvalue weighted by atomic mass is 35.5. The molecule has 2 aromatic carbocycles. The van der Waals surface area contributed by atoms with Gasteiger partial charge in [0.2, 0.25) is 0 Å². The van der Waals surface area contributed by atoms with E-state index in [1.54, 1.807) is 35.5 Å². The number of methoxy groups -OCH3 is 1. The van der Waals surface area contributed by atoms with Crippen LogP contribution in [0.1, 0.15) is 24.2 Å². The lowest BCUT2D eigenvalue weighted by molar-refractivity contribution is 0.0983. The lowest BCUT2D eigenvalue weighted by Gasteiger charge is -2.24. The van der Waals surface area contributed by atoms with E-state index in [9.17, 15) is 4.79 Å². The highest BCUT2D eigenvalue weighted by Crippen LogP contribution is 2.29. The summed E-state index contributed by atoms with van der Waals surface area (Å²) in [5.41, 5.74) is 1.56. The quantitative estimate of drug-likeness (QED) is 0.530. The van der Waals surface area contributed by atoms with Gasteiger partial charge in [0.1, 0.15) is 5.75 Å². The molecule has 1 heterocycles. The fourth-order valence-electron chi connectivity index (χ4n) is 2.93. The van der Waals surface area contributed by atoms with Crippen molar-refractivity contribution in [2.45, 2.75) is 13.8 Å². The summed E-state index contributed by atoms with van der Waals surface area (Å²) in [5.74, 6) is 0.699. The van der Waals surface area contributed by atoms with Gasteiger partial charge in [-0.3, -0.25) is 9.69 Å². The molecule has 1 amide bonds. The van der Waals surface area contributed by atoms with Crippen molar-refractivity contribution in [1.82, 2.24) is 9.88 Å². The van der Waals surface area contributed by atoms with Crippen LogP contribution in [0.5, 0.6) is 5.75 Å². The summed E-state index contributed by atoms with van der Waals surface area (Å²) in [7, 11) is 1.62. The summed E-state index contributed by atoms with van der Waals surface area (Å²) >= 11 is 1.55. The number of aromatic nitrogens is 1. The molecule has 150 valence electrons. The summed E-state index contributed by atoms with van der Waals surface area (Å²) < 4.78 is 6.29. The van der Waals surface area contributed by atoms with Crippen LogP contribution in [0, 0.1) is 0 Å². The SMILES string of the molecule is CCN(CC)CCN(C(=O)c1ccc(OC)cc1)c1nc2ccccc2s1.Cl. The van der Waals surface area contributed by atoms with Gasteiger partial charge in [0.15, 0.2) is 5.13 Å². The molecule has 0 saturated carbocycles. The Hall–Kier alpha value is -2.15. The van der Waals surface area contributed by atoms with Gasteiger partial charge in [-0.25, -0.2) is 4.98 Å². The maximum atomic E-state index is 13.2. The Labute approximate surface area is 176 Å². The third-order valence-electron chi connectivity index (χ3n) is 4.63. The maximum absolute atomic E-state index is 13.2. The number of carbonyl (C=O) groups is 1. The number of rotatable bonds is 8. The zero-order valence-electron chi connectivity index (χ0n) is 16.4. The largest absolute Gasteiger partial charge is 0.497 e. The molecule has 3 rings (SSSR count). The monoisotopic (exact) mass is 419 g/mol. The van der Waals surface area contributed by atoms with Crippen LogP contribution in [0.15, 0.2) is 48.5 Å². The highest BCUT2D eigenvalue weighted by Gasteiger charge is 2.21. The van der Waals surface area contributed by atoms with Crippen molar-refractivity contribution >= 4 is 45.0 Å². The van der Waals surface area contributed by atoms with Crippen molar-refractivity contribution in [2.24, 2.45) is 0 Å². The van der Waals surface area contributed by atoms with Crippen molar-refractivity contribution in [3.05, 3.63) is 54.1 Å². The highest BCUT2D eigenvalue weighted by molar-refractivity contribution is 7.22. The van der Waals surface area contributed by atoms with Crippen LogP contribution in [0.3, 0.4) is 0 Å². The number of halogens is 1. The number of nitrogens with zero attached hydrogens (tertiary/aromatic N) is 3. The van der Waals surface area contributed by atoms with Crippen LogP contribution in [0.2, 0.25) is 0 Å². The van der Waals surface area contributed by atoms with E-state index in [4.69, 9.17) is 9.72 Å². The van der Waals surface area contributed by atoms with Crippen LogP contribution in [-0.4, -0.2) is 49.1 Å². The minimum absolute atomic E-state index is 0. The van der Waals surface area contributed by atoms with Gasteiger partial charge in [0, 0.05) is 18.7 Å². The van der Waals surface area contributed by atoms with Crippen LogP contribution >= 0.6 is 23.7 Å². The van der Waals surface area contributed by atoms with Gasteiger partial charge < -0.3 is 9.64 Å². The molecular formula is C21H26ClN3O2S. The Bertz CT molecular complexity index is 861. The number of carbonyl (C=O) groups excluding carboxylic acids is 1. The van der Waals surface area contributed by atoms with Gasteiger partial charge in [-0.1, -0.05) is 37.3 Å². The molecule has 0 atom stereocenters. The number of anilines is 1. The summed E-state index contributed by atoms with van der Waals surface area (Å²) in [6.07, 6.45) is 0. The molecule has 0 aliphatic rings. The molecule has 0 fully saturated rings. The molecule has 0 unspecified atom stereocenters. The molecule has 0 spiro atoms. The predicted molar refractivity (Wildman–Crippen MR) is 119 cm³/mol. The number of hydrogen-bond donors (Lipinski definition) is 0. The molecule has 0 radical (unpaired) electrons. The van der Waals surface area contributed by atoms with Crippen LogP contribution in [-0.2, 0) is 0 Å². The van der Waals surface area contributed by atoms with Crippen molar-refractivity contribution in [2.75, 3.05) is 38.2 Å². The van der Waals surface area contributed by atoms with Gasteiger partial charge in [-0.05, 0) is 49.5 Å². The van der Waals surface area contributed by atoms with Crippen molar-refractivity contribution in [3.63, 3.8) is 0 Å². The fourth-order valence-corrected chi connectivity index (χ4v) is 3.92. The first-order valence-corrected chi connectivity index (χ1v) is 10.0. The lowest BCUT2D eigenvalue weighted by atomic mass is 10.2. The molecule has 0 saturated heterocycles. The Morgan fingerprint density at radius 3 is 2.32 bits per heavy atom. The van der Waals surface area contributed by atoms with Crippen molar-refractivity contribution in [3.8, 4) is 5.75 Å². The third kappa shape index (κ3) is 5.01. The van der Waals surface area contributed by atoms with Gasteiger partial charge in [-0.15, -0.1) is 12.4 Å². The molecule has 3 aromatic rings. The first-order chi connectivity index (χ1) is 13.2. The Morgan fingerprint density at radius 1 is 1.04 bits per heavy atom. The van der Waals surface area contributed by atoms with E-state index >= 15 is 0 Å². The second kappa shape index (κ2) is 10.4. The molecule has 5 nitrogen and oxygen atoms in total. The number of fused-ring (bicyclic) bond motifs is 1. The Morgan fingerprint density at radius 2 is 1.71 bits per heavy atom. The zero-order chi connectivity index (χ0) is 19.2.